The van der Waals surface area contributed by atoms with E-state index in [9.17, 15) is 9.59 Å². The highest BCUT2D eigenvalue weighted by atomic mass is 16.1. The number of fused-ring (bicyclic) bond motifs is 4. The molecule has 4 heterocycles. The van der Waals surface area contributed by atoms with Gasteiger partial charge in [0, 0.05) is 42.0 Å². The van der Waals surface area contributed by atoms with Crippen molar-refractivity contribution in [2.75, 3.05) is 0 Å². The van der Waals surface area contributed by atoms with E-state index in [1.807, 2.05) is 18.2 Å². The Hall–Kier alpha value is -2.73. The molecule has 1 aromatic carbocycles. The molecular formula is C31H36N4O2. The predicted octanol–water partition coefficient (Wildman–Crippen LogP) is 5.13. The lowest BCUT2D eigenvalue weighted by atomic mass is 9.64. The van der Waals surface area contributed by atoms with E-state index in [1.165, 1.54) is 57.4 Å². The van der Waals surface area contributed by atoms with Gasteiger partial charge in [0.05, 0.1) is 11.0 Å². The molecule has 2 saturated heterocycles. The molecule has 0 radical (unpaired) electrons. The van der Waals surface area contributed by atoms with Gasteiger partial charge in [-0.25, -0.2) is 4.98 Å². The van der Waals surface area contributed by atoms with Crippen LogP contribution in [0.5, 0.6) is 0 Å². The van der Waals surface area contributed by atoms with Crippen LogP contribution >= 0.6 is 0 Å². The van der Waals surface area contributed by atoms with Crippen LogP contribution in [-0.4, -0.2) is 37.6 Å². The molecule has 2 aliphatic heterocycles. The molecule has 0 spiro atoms. The summed E-state index contributed by atoms with van der Waals surface area (Å²) in [5.41, 5.74) is 2.68. The van der Waals surface area contributed by atoms with Gasteiger partial charge in [0.15, 0.2) is 0 Å². The first-order valence-corrected chi connectivity index (χ1v) is 14.6. The number of rotatable bonds is 3. The first kappa shape index (κ1) is 22.3. The molecule has 2 aromatic heterocycles. The van der Waals surface area contributed by atoms with Gasteiger partial charge in [0.2, 0.25) is 5.56 Å². The monoisotopic (exact) mass is 496 g/mol. The number of pyridine rings is 1. The number of piperidine rings is 2. The van der Waals surface area contributed by atoms with Crippen molar-refractivity contribution in [3.8, 4) is 11.3 Å². The quantitative estimate of drug-likeness (QED) is 0.545. The molecule has 3 aliphatic carbocycles. The van der Waals surface area contributed by atoms with Crippen molar-refractivity contribution in [1.82, 2.24) is 19.4 Å². The highest BCUT2D eigenvalue weighted by molar-refractivity contribution is 5.77. The third kappa shape index (κ3) is 3.51. The van der Waals surface area contributed by atoms with Crippen LogP contribution in [0, 0.1) is 23.7 Å². The number of aromatic amines is 1. The highest BCUT2D eigenvalue weighted by Gasteiger charge is 2.53. The van der Waals surface area contributed by atoms with Gasteiger partial charge in [0.1, 0.15) is 5.69 Å². The van der Waals surface area contributed by atoms with E-state index in [0.717, 1.165) is 53.6 Å². The summed E-state index contributed by atoms with van der Waals surface area (Å²) in [5.74, 6) is 4.04. The molecule has 7 atom stereocenters. The molecule has 37 heavy (non-hydrogen) atoms. The predicted molar refractivity (Wildman–Crippen MR) is 144 cm³/mol. The van der Waals surface area contributed by atoms with E-state index in [1.54, 1.807) is 12.3 Å². The summed E-state index contributed by atoms with van der Waals surface area (Å²) in [4.78, 5) is 36.2. The fourth-order valence-corrected chi connectivity index (χ4v) is 9.49. The minimum Gasteiger partial charge on any atom is -0.328 e. The number of para-hydroxylation sites is 2. The standard InChI is InChI=1S/C31H36N4O2/c36-29-9-8-19(17-32-29)30-31(37)35(28-7-2-1-6-27(28)33-30)25-15-22-4-3-5-23(16-25)34(22)24-11-18-10-20-13-21(14-24)26(20)12-18/h1-2,6-9,17-18,20-26H,3-5,10-16H2,(H,32,36). The molecule has 5 aliphatic rings. The van der Waals surface area contributed by atoms with Crippen molar-refractivity contribution in [1.29, 1.82) is 0 Å². The number of hydrogen-bond donors (Lipinski definition) is 1. The summed E-state index contributed by atoms with van der Waals surface area (Å²) < 4.78 is 2.07. The van der Waals surface area contributed by atoms with Crippen LogP contribution in [-0.2, 0) is 0 Å². The second-order valence-electron chi connectivity index (χ2n) is 12.8. The van der Waals surface area contributed by atoms with Gasteiger partial charge < -0.3 is 9.55 Å². The van der Waals surface area contributed by atoms with E-state index in [4.69, 9.17) is 4.98 Å². The topological polar surface area (TPSA) is 71.0 Å². The Morgan fingerprint density at radius 3 is 2.41 bits per heavy atom. The van der Waals surface area contributed by atoms with E-state index in [0.29, 0.717) is 23.3 Å². The molecular weight excluding hydrogens is 460 g/mol. The lowest BCUT2D eigenvalue weighted by Crippen LogP contribution is -2.58. The summed E-state index contributed by atoms with van der Waals surface area (Å²) in [7, 11) is 0. The van der Waals surface area contributed by atoms with E-state index in [2.05, 4.69) is 20.5 Å². The van der Waals surface area contributed by atoms with Crippen molar-refractivity contribution in [2.45, 2.75) is 88.4 Å². The van der Waals surface area contributed by atoms with Crippen LogP contribution in [0.3, 0.4) is 0 Å². The molecule has 0 amide bonds. The Morgan fingerprint density at radius 2 is 1.59 bits per heavy atom. The van der Waals surface area contributed by atoms with Crippen LogP contribution in [0.1, 0.15) is 70.3 Å². The number of hydrogen-bond acceptors (Lipinski definition) is 4. The molecule has 7 unspecified atom stereocenters. The van der Waals surface area contributed by atoms with Gasteiger partial charge >= 0.3 is 0 Å². The third-order valence-electron chi connectivity index (χ3n) is 10.9. The van der Waals surface area contributed by atoms with Gasteiger partial charge in [-0.15, -0.1) is 0 Å². The number of H-pyrrole nitrogens is 1. The maximum Gasteiger partial charge on any atom is 0.277 e. The molecule has 6 nitrogen and oxygen atoms in total. The summed E-state index contributed by atoms with van der Waals surface area (Å²) in [6.07, 6.45) is 14.9. The van der Waals surface area contributed by atoms with Gasteiger partial charge in [0.25, 0.3) is 5.56 Å². The molecule has 6 heteroatoms. The van der Waals surface area contributed by atoms with Crippen LogP contribution < -0.4 is 11.1 Å². The Bertz CT molecular complexity index is 1440. The van der Waals surface area contributed by atoms with Gasteiger partial charge in [-0.1, -0.05) is 18.6 Å². The lowest BCUT2D eigenvalue weighted by Gasteiger charge is -2.54. The van der Waals surface area contributed by atoms with E-state index >= 15 is 0 Å². The zero-order valence-electron chi connectivity index (χ0n) is 21.4. The van der Waals surface area contributed by atoms with Crippen LogP contribution in [0.15, 0.2) is 52.2 Å². The Balaban J connectivity index is 1.16. The minimum atomic E-state index is -0.172. The summed E-state index contributed by atoms with van der Waals surface area (Å²) >= 11 is 0. The second kappa shape index (κ2) is 8.39. The number of nitrogens with one attached hydrogen (secondary N) is 1. The average Bonchev–Trinajstić information content (AvgIpc) is 3.12. The number of nitrogens with zero attached hydrogens (tertiary/aromatic N) is 3. The molecule has 1 N–H and O–H groups in total. The van der Waals surface area contributed by atoms with Crippen LogP contribution in [0.25, 0.3) is 22.3 Å². The van der Waals surface area contributed by atoms with Gasteiger partial charge in [-0.2, -0.15) is 0 Å². The highest BCUT2D eigenvalue weighted by Crippen LogP contribution is 2.59. The van der Waals surface area contributed by atoms with Gasteiger partial charge in [-0.3, -0.25) is 14.5 Å². The van der Waals surface area contributed by atoms with E-state index in [-0.39, 0.29) is 17.2 Å². The zero-order chi connectivity index (χ0) is 24.7. The Labute approximate surface area is 217 Å². The molecule has 8 rings (SSSR count). The zero-order valence-corrected chi connectivity index (χ0v) is 21.4. The molecule has 3 saturated carbocycles. The Kier molecular flexibility index (Phi) is 5.05. The Morgan fingerprint density at radius 1 is 0.784 bits per heavy atom. The molecule has 4 bridgehead atoms. The average molecular weight is 497 g/mol. The fraction of sp³-hybridized carbons (Fsp3) is 0.581. The third-order valence-corrected chi connectivity index (χ3v) is 10.9. The first-order valence-electron chi connectivity index (χ1n) is 14.6. The van der Waals surface area contributed by atoms with Crippen molar-refractivity contribution in [3.63, 3.8) is 0 Å². The molecule has 3 aromatic rings. The fourth-order valence-electron chi connectivity index (χ4n) is 9.49. The van der Waals surface area contributed by atoms with Gasteiger partial charge in [-0.05, 0) is 99.7 Å². The minimum absolute atomic E-state index is 0.0328. The van der Waals surface area contributed by atoms with Crippen molar-refractivity contribution in [2.24, 2.45) is 23.7 Å². The summed E-state index contributed by atoms with van der Waals surface area (Å²) in [5, 5.41) is 0. The maximum atomic E-state index is 14.0. The largest absolute Gasteiger partial charge is 0.328 e. The normalized spacial score (nSPS) is 36.8. The smallest absolute Gasteiger partial charge is 0.277 e. The second-order valence-corrected chi connectivity index (χ2v) is 12.8. The molecule has 5 fully saturated rings. The van der Waals surface area contributed by atoms with Crippen molar-refractivity contribution >= 4 is 11.0 Å². The number of benzene rings is 1. The first-order chi connectivity index (χ1) is 18.1. The summed E-state index contributed by atoms with van der Waals surface area (Å²) in [6.45, 7) is 0. The van der Waals surface area contributed by atoms with Crippen LogP contribution in [0.2, 0.25) is 0 Å². The molecule has 192 valence electrons. The van der Waals surface area contributed by atoms with E-state index < -0.39 is 0 Å². The van der Waals surface area contributed by atoms with Crippen molar-refractivity contribution < 1.29 is 0 Å². The lowest BCUT2D eigenvalue weighted by molar-refractivity contribution is -0.0437. The summed E-state index contributed by atoms with van der Waals surface area (Å²) in [6, 6.07) is 13.3. The van der Waals surface area contributed by atoms with Crippen molar-refractivity contribution in [3.05, 3.63) is 63.3 Å². The maximum absolute atomic E-state index is 14.0. The van der Waals surface area contributed by atoms with Crippen LogP contribution in [0.4, 0.5) is 0 Å². The number of aromatic nitrogens is 3. The SMILES string of the molecule is O=c1ccc(-c2nc3ccccc3n(C3CC4CCCC(C3)N4C3CC4CC5CC(C3)C5C4)c2=O)c[nH]1.